The Morgan fingerprint density at radius 1 is 1.14 bits per heavy atom. The highest BCUT2D eigenvalue weighted by atomic mass is 16.5. The van der Waals surface area contributed by atoms with Crippen LogP contribution in [0.3, 0.4) is 0 Å². The number of carbonyl (C=O) groups is 3. The molecule has 3 rings (SSSR count). The second kappa shape index (κ2) is 8.34. The van der Waals surface area contributed by atoms with Gasteiger partial charge in [0.25, 0.3) is 11.8 Å². The van der Waals surface area contributed by atoms with E-state index in [-0.39, 0.29) is 18.2 Å². The fourth-order valence-electron chi connectivity index (χ4n) is 3.15. The normalized spacial score (nSPS) is 15.2. The summed E-state index contributed by atoms with van der Waals surface area (Å²) in [6.07, 6.45) is 0.164. The van der Waals surface area contributed by atoms with E-state index in [0.717, 1.165) is 5.56 Å². The Morgan fingerprint density at radius 3 is 2.62 bits per heavy atom. The van der Waals surface area contributed by atoms with E-state index in [9.17, 15) is 14.4 Å². The van der Waals surface area contributed by atoms with Crippen LogP contribution in [0.1, 0.15) is 42.6 Å². The van der Waals surface area contributed by atoms with E-state index in [1.54, 1.807) is 38.1 Å². The molecule has 0 radical (unpaired) electrons. The number of nitrogens with one attached hydrogen (secondary N) is 2. The molecule has 0 bridgehead atoms. The minimum Gasteiger partial charge on any atom is -0.481 e. The molecule has 7 heteroatoms. The molecule has 1 heterocycles. The van der Waals surface area contributed by atoms with Gasteiger partial charge < -0.3 is 20.5 Å². The van der Waals surface area contributed by atoms with Crippen LogP contribution < -0.4 is 15.4 Å². The topological polar surface area (TPSA) is 105 Å². The van der Waals surface area contributed by atoms with Gasteiger partial charge in [0, 0.05) is 29.6 Å². The molecular formula is C22H24N2O5. The van der Waals surface area contributed by atoms with E-state index >= 15 is 0 Å². The van der Waals surface area contributed by atoms with E-state index in [1.807, 2.05) is 24.3 Å². The van der Waals surface area contributed by atoms with Crippen LogP contribution in [0, 0.1) is 0 Å². The zero-order chi connectivity index (χ0) is 21.0. The second-order valence-electron chi connectivity index (χ2n) is 7.72. The first-order chi connectivity index (χ1) is 13.7. The quantitative estimate of drug-likeness (QED) is 0.667. The van der Waals surface area contributed by atoms with Gasteiger partial charge in [0.2, 0.25) is 0 Å². The van der Waals surface area contributed by atoms with E-state index in [2.05, 4.69) is 10.6 Å². The molecule has 1 aliphatic rings. The van der Waals surface area contributed by atoms with Crippen molar-refractivity contribution in [2.24, 2.45) is 0 Å². The lowest BCUT2D eigenvalue weighted by atomic mass is 9.97. The largest absolute Gasteiger partial charge is 0.481 e. The van der Waals surface area contributed by atoms with Gasteiger partial charge >= 0.3 is 5.97 Å². The Morgan fingerprint density at radius 2 is 1.90 bits per heavy atom. The lowest BCUT2D eigenvalue weighted by molar-refractivity contribution is -0.137. The molecule has 0 aliphatic carbocycles. The lowest BCUT2D eigenvalue weighted by Gasteiger charge is -2.25. The van der Waals surface area contributed by atoms with Gasteiger partial charge in [-0.3, -0.25) is 14.4 Å². The number of carbonyl (C=O) groups excluding carboxylic acids is 2. The number of carboxylic acid groups (broad SMARTS) is 1. The summed E-state index contributed by atoms with van der Waals surface area (Å²) in [5, 5.41) is 14.5. The number of amides is 2. The van der Waals surface area contributed by atoms with E-state index < -0.39 is 17.6 Å². The first kappa shape index (κ1) is 20.4. The highest BCUT2D eigenvalue weighted by Crippen LogP contribution is 2.28. The summed E-state index contributed by atoms with van der Waals surface area (Å²) in [4.78, 5) is 35.9. The van der Waals surface area contributed by atoms with Gasteiger partial charge in [-0.2, -0.15) is 0 Å². The molecule has 1 aliphatic heterocycles. The number of benzene rings is 2. The summed E-state index contributed by atoms with van der Waals surface area (Å²) in [6.45, 7) is 3.54. The van der Waals surface area contributed by atoms with Gasteiger partial charge in [-0.05, 0) is 50.1 Å². The van der Waals surface area contributed by atoms with Gasteiger partial charge in [0.1, 0.15) is 5.75 Å². The third kappa shape index (κ3) is 5.34. The van der Waals surface area contributed by atoms with Crippen LogP contribution in [0.5, 0.6) is 5.75 Å². The van der Waals surface area contributed by atoms with Crippen molar-refractivity contribution in [3.8, 4) is 5.75 Å². The average Bonchev–Trinajstić information content (AvgIpc) is 3.11. The first-order valence-electron chi connectivity index (χ1n) is 9.43. The highest BCUT2D eigenvalue weighted by Gasteiger charge is 2.29. The zero-order valence-electron chi connectivity index (χ0n) is 16.4. The molecule has 2 amide bonds. The summed E-state index contributed by atoms with van der Waals surface area (Å²) < 4.78 is 5.69. The Hall–Kier alpha value is -3.35. The van der Waals surface area contributed by atoms with Crippen LogP contribution in [-0.4, -0.2) is 34.5 Å². The number of hydrogen-bond donors (Lipinski definition) is 3. The molecule has 0 spiro atoms. The maximum absolute atomic E-state index is 12.6. The zero-order valence-corrected chi connectivity index (χ0v) is 16.4. The Balaban J connectivity index is 1.61. The molecule has 29 heavy (non-hydrogen) atoms. The Labute approximate surface area is 169 Å². The van der Waals surface area contributed by atoms with Crippen LogP contribution in [-0.2, 0) is 16.0 Å². The van der Waals surface area contributed by atoms with Gasteiger partial charge in [-0.1, -0.05) is 24.3 Å². The van der Waals surface area contributed by atoms with Gasteiger partial charge in [0.05, 0.1) is 0 Å². The van der Waals surface area contributed by atoms with Crippen molar-refractivity contribution < 1.29 is 24.2 Å². The highest BCUT2D eigenvalue weighted by molar-refractivity contribution is 5.99. The number of rotatable bonds is 7. The maximum Gasteiger partial charge on any atom is 0.303 e. The number of anilines is 1. The van der Waals surface area contributed by atoms with Crippen LogP contribution in [0.25, 0.3) is 0 Å². The molecule has 0 saturated heterocycles. The molecular weight excluding hydrogens is 372 g/mol. The molecule has 0 fully saturated rings. The molecule has 0 aromatic heterocycles. The van der Waals surface area contributed by atoms with Crippen molar-refractivity contribution >= 4 is 23.5 Å². The van der Waals surface area contributed by atoms with Crippen LogP contribution in [0.15, 0.2) is 48.5 Å². The first-order valence-corrected chi connectivity index (χ1v) is 9.43. The monoisotopic (exact) mass is 396 g/mol. The molecule has 2 aromatic rings. The number of carboxylic acids is 1. The van der Waals surface area contributed by atoms with E-state index in [0.29, 0.717) is 29.8 Å². The third-order valence-electron chi connectivity index (χ3n) is 4.75. The van der Waals surface area contributed by atoms with Crippen molar-refractivity contribution in [1.29, 1.82) is 0 Å². The number of hydrogen-bond acceptors (Lipinski definition) is 4. The van der Waals surface area contributed by atoms with Gasteiger partial charge in [-0.15, -0.1) is 0 Å². The van der Waals surface area contributed by atoms with Crippen molar-refractivity contribution in [3.63, 3.8) is 0 Å². The van der Waals surface area contributed by atoms with Gasteiger partial charge in [0.15, 0.2) is 6.10 Å². The Kier molecular flexibility index (Phi) is 5.87. The average molecular weight is 396 g/mol. The van der Waals surface area contributed by atoms with E-state index in [4.69, 9.17) is 9.84 Å². The van der Waals surface area contributed by atoms with Gasteiger partial charge in [-0.25, -0.2) is 0 Å². The summed E-state index contributed by atoms with van der Waals surface area (Å²) in [7, 11) is 0. The molecule has 0 saturated carbocycles. The number of fused-ring (bicyclic) bond motifs is 1. The smallest absolute Gasteiger partial charge is 0.303 e. The molecule has 2 aromatic carbocycles. The molecule has 1 unspecified atom stereocenters. The van der Waals surface area contributed by atoms with Crippen molar-refractivity contribution in [1.82, 2.24) is 5.32 Å². The summed E-state index contributed by atoms with van der Waals surface area (Å²) >= 11 is 0. The van der Waals surface area contributed by atoms with Crippen molar-refractivity contribution in [2.75, 3.05) is 5.32 Å². The fourth-order valence-corrected chi connectivity index (χ4v) is 3.15. The minimum absolute atomic E-state index is 0.0346. The minimum atomic E-state index is -0.909. The second-order valence-corrected chi connectivity index (χ2v) is 7.72. The fraction of sp³-hybridized carbons (Fsp3) is 0.318. The predicted octanol–water partition coefficient (Wildman–Crippen LogP) is 3.00. The number of aliphatic carboxylic acids is 1. The summed E-state index contributed by atoms with van der Waals surface area (Å²) in [5.74, 6) is -0.806. The number of ether oxygens (including phenoxy) is 1. The standard InChI is InChI=1S/C22H24N2O5/c1-22(2,11-10-19(25)26)24-20(27)15-7-5-8-16(12-15)23-21(28)18-13-14-6-3-4-9-17(14)29-18/h3-9,12,18H,10-11,13H2,1-2H3,(H,23,28)(H,24,27)(H,25,26). The lowest BCUT2D eigenvalue weighted by Crippen LogP contribution is -2.43. The molecule has 3 N–H and O–H groups in total. The molecule has 1 atom stereocenters. The number of para-hydroxylation sites is 1. The molecule has 152 valence electrons. The van der Waals surface area contributed by atoms with E-state index in [1.165, 1.54) is 0 Å². The SMILES string of the molecule is CC(C)(CCC(=O)O)NC(=O)c1cccc(NC(=O)C2Cc3ccccc3O2)c1. The molecule has 7 nitrogen and oxygen atoms in total. The maximum atomic E-state index is 12.6. The Bertz CT molecular complexity index is 913. The van der Waals surface area contributed by atoms with Crippen LogP contribution in [0.4, 0.5) is 5.69 Å². The van der Waals surface area contributed by atoms with Crippen LogP contribution >= 0.6 is 0 Å². The third-order valence-corrected chi connectivity index (χ3v) is 4.75. The van der Waals surface area contributed by atoms with Crippen LogP contribution in [0.2, 0.25) is 0 Å². The summed E-state index contributed by atoms with van der Waals surface area (Å²) in [6, 6.07) is 14.1. The predicted molar refractivity (Wildman–Crippen MR) is 108 cm³/mol. The summed E-state index contributed by atoms with van der Waals surface area (Å²) in [5.41, 5.74) is 1.19. The van der Waals surface area contributed by atoms with Crippen molar-refractivity contribution in [2.45, 2.75) is 44.8 Å². The van der Waals surface area contributed by atoms with Crippen molar-refractivity contribution in [3.05, 3.63) is 59.7 Å².